The average Bonchev–Trinajstić information content (AvgIpc) is 2.26. The van der Waals surface area contributed by atoms with Gasteiger partial charge in [-0.1, -0.05) is 19.1 Å². The molecular formula is C12H15ClO3. The van der Waals surface area contributed by atoms with E-state index < -0.39 is 0 Å². The van der Waals surface area contributed by atoms with E-state index in [1.54, 1.807) is 31.2 Å². The van der Waals surface area contributed by atoms with Crippen molar-refractivity contribution in [2.75, 3.05) is 7.11 Å². The Kier molecular flexibility index (Phi) is 6.27. The highest BCUT2D eigenvalue weighted by Crippen LogP contribution is 2.26. The summed E-state index contributed by atoms with van der Waals surface area (Å²) in [4.78, 5) is 11.0. The maximum atomic E-state index is 11.0. The van der Waals surface area contributed by atoms with Crippen molar-refractivity contribution >= 4 is 24.3 Å². The van der Waals surface area contributed by atoms with Crippen LogP contribution in [0.1, 0.15) is 18.9 Å². The fourth-order valence-electron chi connectivity index (χ4n) is 1.12. The lowest BCUT2D eigenvalue weighted by molar-refractivity contribution is -0.114. The Morgan fingerprint density at radius 3 is 2.69 bits per heavy atom. The van der Waals surface area contributed by atoms with E-state index in [0.717, 1.165) is 5.56 Å². The van der Waals surface area contributed by atoms with Gasteiger partial charge in [0.25, 0.3) is 0 Å². The number of aromatic hydroxyl groups is 1. The Hall–Kier alpha value is -1.48. The van der Waals surface area contributed by atoms with Crippen LogP contribution in [0.2, 0.25) is 0 Å². The third-order valence-electron chi connectivity index (χ3n) is 2.01. The highest BCUT2D eigenvalue weighted by Gasteiger charge is 2.00. The summed E-state index contributed by atoms with van der Waals surface area (Å²) in [5, 5.41) is 9.47. The number of carbonyl (C=O) groups excluding carboxylic acids is 1. The summed E-state index contributed by atoms with van der Waals surface area (Å²) in [6.45, 7) is 1.80. The van der Waals surface area contributed by atoms with E-state index in [2.05, 4.69) is 0 Å². The van der Waals surface area contributed by atoms with Crippen molar-refractivity contribution in [3.05, 3.63) is 29.8 Å². The highest BCUT2D eigenvalue weighted by atomic mass is 35.5. The van der Waals surface area contributed by atoms with Gasteiger partial charge >= 0.3 is 0 Å². The molecule has 0 aromatic heterocycles. The molecule has 4 heteroatoms. The lowest BCUT2D eigenvalue weighted by atomic mass is 10.1. The second kappa shape index (κ2) is 6.90. The van der Waals surface area contributed by atoms with Gasteiger partial charge in [-0.3, -0.25) is 4.79 Å². The van der Waals surface area contributed by atoms with Crippen LogP contribution in [0.4, 0.5) is 0 Å². The Morgan fingerprint density at radius 1 is 1.50 bits per heavy atom. The number of phenols is 1. The number of phenolic OH excluding ortho intramolecular Hbond substituents is 1. The van der Waals surface area contributed by atoms with Gasteiger partial charge in [0, 0.05) is 6.42 Å². The normalized spacial score (nSPS) is 9.88. The molecule has 1 N–H and O–H groups in total. The van der Waals surface area contributed by atoms with Gasteiger partial charge in [-0.05, 0) is 23.8 Å². The molecule has 0 saturated heterocycles. The van der Waals surface area contributed by atoms with Crippen LogP contribution < -0.4 is 4.74 Å². The molecule has 0 radical (unpaired) electrons. The molecule has 1 aromatic carbocycles. The molecule has 88 valence electrons. The fraction of sp³-hybridized carbons (Fsp3) is 0.250. The summed E-state index contributed by atoms with van der Waals surface area (Å²) >= 11 is 0. The molecule has 1 aromatic rings. The number of methoxy groups -OCH3 is 1. The summed E-state index contributed by atoms with van der Waals surface area (Å²) < 4.78 is 4.91. The topological polar surface area (TPSA) is 46.5 Å². The highest BCUT2D eigenvalue weighted by molar-refractivity contribution is 5.93. The predicted octanol–water partition coefficient (Wildman–Crippen LogP) is 2.81. The first-order chi connectivity index (χ1) is 7.17. The number of rotatable bonds is 4. The summed E-state index contributed by atoms with van der Waals surface area (Å²) in [5.41, 5.74) is 0.773. The van der Waals surface area contributed by atoms with Crippen LogP contribution in [0.15, 0.2) is 24.3 Å². The Morgan fingerprint density at radius 2 is 2.19 bits per heavy atom. The zero-order valence-electron chi connectivity index (χ0n) is 9.27. The molecule has 0 fully saturated rings. The van der Waals surface area contributed by atoms with E-state index in [1.807, 2.05) is 0 Å². The van der Waals surface area contributed by atoms with Gasteiger partial charge in [0.2, 0.25) is 0 Å². The van der Waals surface area contributed by atoms with Crippen LogP contribution >= 0.6 is 12.4 Å². The van der Waals surface area contributed by atoms with Crippen molar-refractivity contribution in [3.8, 4) is 11.5 Å². The molecule has 0 atom stereocenters. The average molecular weight is 243 g/mol. The summed E-state index contributed by atoms with van der Waals surface area (Å²) in [6.07, 6.45) is 3.66. The minimum atomic E-state index is 0. The summed E-state index contributed by atoms with van der Waals surface area (Å²) in [7, 11) is 1.49. The third kappa shape index (κ3) is 3.95. The van der Waals surface area contributed by atoms with E-state index in [4.69, 9.17) is 4.74 Å². The molecule has 0 saturated carbocycles. The van der Waals surface area contributed by atoms with Gasteiger partial charge in [0.1, 0.15) is 0 Å². The van der Waals surface area contributed by atoms with E-state index in [1.165, 1.54) is 13.2 Å². The van der Waals surface area contributed by atoms with Crippen molar-refractivity contribution in [2.45, 2.75) is 13.3 Å². The third-order valence-corrected chi connectivity index (χ3v) is 2.01. The van der Waals surface area contributed by atoms with E-state index >= 15 is 0 Å². The largest absolute Gasteiger partial charge is 0.504 e. The zero-order chi connectivity index (χ0) is 11.3. The molecular weight excluding hydrogens is 228 g/mol. The number of hydrogen-bond donors (Lipinski definition) is 1. The van der Waals surface area contributed by atoms with Crippen LogP contribution in [0, 0.1) is 0 Å². The number of allylic oxidation sites excluding steroid dienone is 1. The Bertz CT molecular complexity index is 386. The van der Waals surface area contributed by atoms with Crippen molar-refractivity contribution in [3.63, 3.8) is 0 Å². The van der Waals surface area contributed by atoms with Gasteiger partial charge < -0.3 is 9.84 Å². The van der Waals surface area contributed by atoms with Gasteiger partial charge in [-0.15, -0.1) is 12.4 Å². The van der Waals surface area contributed by atoms with Crippen LogP contribution in [-0.4, -0.2) is 18.0 Å². The van der Waals surface area contributed by atoms with E-state index in [-0.39, 0.29) is 23.9 Å². The number of ether oxygens (including phenoxy) is 1. The van der Waals surface area contributed by atoms with Gasteiger partial charge in [-0.2, -0.15) is 0 Å². The van der Waals surface area contributed by atoms with Crippen LogP contribution in [0.5, 0.6) is 11.5 Å². The molecule has 0 heterocycles. The first-order valence-electron chi connectivity index (χ1n) is 4.75. The molecule has 0 bridgehead atoms. The minimum Gasteiger partial charge on any atom is -0.504 e. The fourth-order valence-corrected chi connectivity index (χ4v) is 1.12. The molecule has 3 nitrogen and oxygen atoms in total. The number of halogens is 1. The quantitative estimate of drug-likeness (QED) is 0.826. The maximum Gasteiger partial charge on any atom is 0.160 e. The maximum absolute atomic E-state index is 11.0. The molecule has 0 aliphatic heterocycles. The molecule has 0 aliphatic rings. The number of hydrogen-bond acceptors (Lipinski definition) is 3. The monoisotopic (exact) mass is 242 g/mol. The lowest BCUT2D eigenvalue weighted by Gasteiger charge is -2.02. The Labute approximate surface area is 101 Å². The lowest BCUT2D eigenvalue weighted by Crippen LogP contribution is -1.87. The SMILES string of the molecule is CCC(=O)C=Cc1ccc(OC)c(O)c1.Cl. The standard InChI is InChI=1S/C12H14O3.ClH/c1-3-10(13)6-4-9-5-7-12(15-2)11(14)8-9;/h4-8,14H,3H2,1-2H3;1H. The van der Waals surface area contributed by atoms with Gasteiger partial charge in [0.05, 0.1) is 7.11 Å². The van der Waals surface area contributed by atoms with Crippen molar-refractivity contribution in [1.29, 1.82) is 0 Å². The second-order valence-corrected chi connectivity index (χ2v) is 3.08. The van der Waals surface area contributed by atoms with Crippen LogP contribution in [0.3, 0.4) is 0 Å². The Balaban J connectivity index is 0.00000225. The summed E-state index contributed by atoms with van der Waals surface area (Å²) in [6, 6.07) is 4.99. The number of benzene rings is 1. The smallest absolute Gasteiger partial charge is 0.160 e. The molecule has 0 spiro atoms. The molecule has 0 unspecified atom stereocenters. The van der Waals surface area contributed by atoms with Gasteiger partial charge in [0.15, 0.2) is 17.3 Å². The molecule has 16 heavy (non-hydrogen) atoms. The molecule has 1 rings (SSSR count). The van der Waals surface area contributed by atoms with Crippen molar-refractivity contribution < 1.29 is 14.6 Å². The number of carbonyl (C=O) groups is 1. The first kappa shape index (κ1) is 14.5. The van der Waals surface area contributed by atoms with E-state index in [0.29, 0.717) is 12.2 Å². The molecule has 0 aliphatic carbocycles. The first-order valence-corrected chi connectivity index (χ1v) is 4.75. The van der Waals surface area contributed by atoms with Crippen LogP contribution in [-0.2, 0) is 4.79 Å². The molecule has 0 amide bonds. The van der Waals surface area contributed by atoms with E-state index in [9.17, 15) is 9.90 Å². The summed E-state index contributed by atoms with van der Waals surface area (Å²) in [5.74, 6) is 0.558. The second-order valence-electron chi connectivity index (χ2n) is 3.08. The minimum absolute atomic E-state index is 0. The van der Waals surface area contributed by atoms with Gasteiger partial charge in [-0.25, -0.2) is 0 Å². The van der Waals surface area contributed by atoms with Crippen molar-refractivity contribution in [1.82, 2.24) is 0 Å². The number of ketones is 1. The van der Waals surface area contributed by atoms with Crippen LogP contribution in [0.25, 0.3) is 6.08 Å². The van der Waals surface area contributed by atoms with Crippen molar-refractivity contribution in [2.24, 2.45) is 0 Å². The predicted molar refractivity (Wildman–Crippen MR) is 66.2 cm³/mol. The zero-order valence-corrected chi connectivity index (χ0v) is 10.1.